The maximum atomic E-state index is 10.5. The summed E-state index contributed by atoms with van der Waals surface area (Å²) >= 11 is 1.57. The second-order valence-electron chi connectivity index (χ2n) is 5.87. The number of hydrogen-bond acceptors (Lipinski definition) is 4. The number of benzene rings is 2. The summed E-state index contributed by atoms with van der Waals surface area (Å²) < 4.78 is 32.9. The Labute approximate surface area is 151 Å². The van der Waals surface area contributed by atoms with Gasteiger partial charge in [0.2, 0.25) is 0 Å². The van der Waals surface area contributed by atoms with Crippen LogP contribution in [-0.2, 0) is 16.7 Å². The van der Waals surface area contributed by atoms with E-state index in [2.05, 4.69) is 37.5 Å². The number of fused-ring (bicyclic) bond motifs is 1. The van der Waals surface area contributed by atoms with E-state index in [1.54, 1.807) is 23.5 Å². The lowest BCUT2D eigenvalue weighted by Gasteiger charge is -2.02. The molecule has 0 saturated carbocycles. The van der Waals surface area contributed by atoms with Gasteiger partial charge in [-0.15, -0.1) is 0 Å². The molecule has 0 bridgehead atoms. The van der Waals surface area contributed by atoms with Gasteiger partial charge in [-0.2, -0.15) is 8.42 Å². The molecule has 0 amide bonds. The Morgan fingerprint density at radius 3 is 2.20 bits per heavy atom. The van der Waals surface area contributed by atoms with Crippen molar-refractivity contribution in [3.63, 3.8) is 0 Å². The van der Waals surface area contributed by atoms with Crippen molar-refractivity contribution in [3.8, 4) is 0 Å². The molecule has 0 fully saturated rings. The molecule has 5 nitrogen and oxygen atoms in total. The molecule has 134 valence electrons. The minimum absolute atomic E-state index is 0.0666. The molecule has 1 aromatic heterocycles. The van der Waals surface area contributed by atoms with Crippen LogP contribution in [0.1, 0.15) is 23.6 Å². The van der Waals surface area contributed by atoms with Gasteiger partial charge in [-0.25, -0.2) is 0 Å². The van der Waals surface area contributed by atoms with Gasteiger partial charge in [-0.05, 0) is 57.0 Å². The minimum atomic E-state index is -4.02. The van der Waals surface area contributed by atoms with Crippen LogP contribution in [0.15, 0.2) is 41.3 Å². The molecular weight excluding hydrogens is 356 g/mol. The van der Waals surface area contributed by atoms with E-state index in [0.29, 0.717) is 4.80 Å². The summed E-state index contributed by atoms with van der Waals surface area (Å²) in [5.41, 5.74) is 4.72. The van der Waals surface area contributed by atoms with Crippen LogP contribution in [0, 0.1) is 26.2 Å². The fourth-order valence-electron chi connectivity index (χ4n) is 2.55. The van der Waals surface area contributed by atoms with Crippen molar-refractivity contribution >= 4 is 31.7 Å². The molecule has 2 N–H and O–H groups in total. The molecule has 0 spiro atoms. The Balaban J connectivity index is 0.000000186. The van der Waals surface area contributed by atoms with Crippen LogP contribution in [0.2, 0.25) is 0 Å². The Morgan fingerprint density at radius 2 is 1.68 bits per heavy atom. The SMILES string of the molecule is CCn1c(=N)sc2c(C)cc(C)cc21.Cc1ccc(S(=O)(=O)O)cc1. The third-order valence-corrected chi connectivity index (χ3v) is 5.79. The zero-order valence-electron chi connectivity index (χ0n) is 14.7. The minimum Gasteiger partial charge on any atom is -0.317 e. The van der Waals surface area contributed by atoms with Crippen molar-refractivity contribution in [1.82, 2.24) is 4.57 Å². The quantitative estimate of drug-likeness (QED) is 0.660. The van der Waals surface area contributed by atoms with Crippen LogP contribution in [0.3, 0.4) is 0 Å². The zero-order chi connectivity index (χ0) is 18.8. The molecule has 7 heteroatoms. The summed E-state index contributed by atoms with van der Waals surface area (Å²) in [5.74, 6) is 0. The number of nitrogens with zero attached hydrogens (tertiary/aromatic N) is 1. The van der Waals surface area contributed by atoms with Gasteiger partial charge in [0.1, 0.15) is 0 Å². The second-order valence-corrected chi connectivity index (χ2v) is 8.29. The van der Waals surface area contributed by atoms with E-state index >= 15 is 0 Å². The molecular formula is C18H22N2O3S2. The normalized spacial score (nSPS) is 11.2. The number of aromatic nitrogens is 1. The van der Waals surface area contributed by atoms with Crippen LogP contribution in [0.5, 0.6) is 0 Å². The Kier molecular flexibility index (Phi) is 5.82. The molecule has 0 aliphatic rings. The van der Waals surface area contributed by atoms with E-state index < -0.39 is 10.1 Å². The molecule has 0 aliphatic heterocycles. The highest BCUT2D eigenvalue weighted by Crippen LogP contribution is 2.22. The summed E-state index contributed by atoms with van der Waals surface area (Å²) in [6.45, 7) is 9.02. The number of rotatable bonds is 2. The van der Waals surface area contributed by atoms with Crippen LogP contribution >= 0.6 is 11.3 Å². The van der Waals surface area contributed by atoms with Crippen LogP contribution in [0.4, 0.5) is 0 Å². The fraction of sp³-hybridized carbons (Fsp3) is 0.278. The summed E-state index contributed by atoms with van der Waals surface area (Å²) in [6, 6.07) is 10.3. The van der Waals surface area contributed by atoms with Crippen molar-refractivity contribution in [2.45, 2.75) is 39.1 Å². The first-order valence-corrected chi connectivity index (χ1v) is 10.1. The number of aryl methyl sites for hydroxylation is 4. The lowest BCUT2D eigenvalue weighted by Crippen LogP contribution is -2.10. The number of hydrogen-bond donors (Lipinski definition) is 2. The van der Waals surface area contributed by atoms with Gasteiger partial charge in [-0.1, -0.05) is 35.1 Å². The molecule has 3 rings (SSSR count). The van der Waals surface area contributed by atoms with Crippen molar-refractivity contribution in [3.05, 3.63) is 57.9 Å². The van der Waals surface area contributed by atoms with Crippen molar-refractivity contribution in [2.75, 3.05) is 0 Å². The second kappa shape index (κ2) is 7.51. The topological polar surface area (TPSA) is 83.2 Å². The van der Waals surface area contributed by atoms with Crippen molar-refractivity contribution < 1.29 is 13.0 Å². The highest BCUT2D eigenvalue weighted by Gasteiger charge is 2.07. The first kappa shape index (κ1) is 19.4. The molecule has 2 aromatic carbocycles. The average molecular weight is 379 g/mol. The highest BCUT2D eigenvalue weighted by molar-refractivity contribution is 7.85. The Hall–Kier alpha value is -1.96. The summed E-state index contributed by atoms with van der Waals surface area (Å²) in [4.78, 5) is 0.583. The number of thiazole rings is 1. The molecule has 0 radical (unpaired) electrons. The first-order valence-electron chi connectivity index (χ1n) is 7.82. The summed E-state index contributed by atoms with van der Waals surface area (Å²) in [7, 11) is -4.02. The van der Waals surface area contributed by atoms with Gasteiger partial charge in [0.05, 0.1) is 15.1 Å². The van der Waals surface area contributed by atoms with E-state index in [-0.39, 0.29) is 4.90 Å². The summed E-state index contributed by atoms with van der Waals surface area (Å²) in [6.07, 6.45) is 0. The lowest BCUT2D eigenvalue weighted by molar-refractivity contribution is 0.483. The highest BCUT2D eigenvalue weighted by atomic mass is 32.2. The predicted octanol–water partition coefficient (Wildman–Crippen LogP) is 4.06. The van der Waals surface area contributed by atoms with Gasteiger partial charge in [-0.3, -0.25) is 9.96 Å². The van der Waals surface area contributed by atoms with Crippen molar-refractivity contribution in [2.24, 2.45) is 0 Å². The van der Waals surface area contributed by atoms with E-state index in [1.165, 1.54) is 33.5 Å². The van der Waals surface area contributed by atoms with Gasteiger partial charge >= 0.3 is 0 Å². The van der Waals surface area contributed by atoms with Crippen molar-refractivity contribution in [1.29, 1.82) is 5.41 Å². The average Bonchev–Trinajstić information content (AvgIpc) is 2.83. The summed E-state index contributed by atoms with van der Waals surface area (Å²) in [5, 5.41) is 7.85. The lowest BCUT2D eigenvalue weighted by atomic mass is 10.1. The van der Waals surface area contributed by atoms with Gasteiger partial charge in [0.15, 0.2) is 4.80 Å². The van der Waals surface area contributed by atoms with E-state index in [9.17, 15) is 8.42 Å². The molecule has 0 unspecified atom stereocenters. The van der Waals surface area contributed by atoms with E-state index in [4.69, 9.17) is 9.96 Å². The zero-order valence-corrected chi connectivity index (χ0v) is 16.3. The van der Waals surface area contributed by atoms with Gasteiger partial charge in [0, 0.05) is 6.54 Å². The molecule has 0 atom stereocenters. The molecule has 1 heterocycles. The van der Waals surface area contributed by atoms with Gasteiger partial charge in [0.25, 0.3) is 10.1 Å². The third kappa shape index (κ3) is 4.56. The van der Waals surface area contributed by atoms with Crippen LogP contribution < -0.4 is 4.80 Å². The molecule has 0 saturated heterocycles. The number of nitrogens with one attached hydrogen (secondary N) is 1. The molecule has 0 aliphatic carbocycles. The van der Waals surface area contributed by atoms with E-state index in [0.717, 1.165) is 12.1 Å². The maximum Gasteiger partial charge on any atom is 0.294 e. The standard InChI is InChI=1S/C11H14N2S.C7H8O3S/c1-4-13-9-6-7(2)5-8(3)10(9)14-11(13)12;1-6-2-4-7(5-3-6)11(8,9)10/h5-6,12H,4H2,1-3H3;2-5H,1H3,(H,8,9,10). The molecule has 25 heavy (non-hydrogen) atoms. The first-order chi connectivity index (χ1) is 11.6. The van der Waals surface area contributed by atoms with Crippen LogP contribution in [-0.4, -0.2) is 17.5 Å². The smallest absolute Gasteiger partial charge is 0.294 e. The Morgan fingerprint density at radius 1 is 1.08 bits per heavy atom. The largest absolute Gasteiger partial charge is 0.317 e. The monoisotopic (exact) mass is 378 g/mol. The predicted molar refractivity (Wildman–Crippen MR) is 102 cm³/mol. The Bertz CT molecular complexity index is 1050. The van der Waals surface area contributed by atoms with E-state index in [1.807, 2.05) is 6.92 Å². The van der Waals surface area contributed by atoms with Crippen LogP contribution in [0.25, 0.3) is 10.2 Å². The maximum absolute atomic E-state index is 10.5. The molecule has 3 aromatic rings. The fourth-order valence-corrected chi connectivity index (χ4v) is 4.06. The third-order valence-electron chi connectivity index (χ3n) is 3.77. The van der Waals surface area contributed by atoms with Gasteiger partial charge < -0.3 is 4.57 Å².